The summed E-state index contributed by atoms with van der Waals surface area (Å²) in [5.74, 6) is 1.50. The van der Waals surface area contributed by atoms with Crippen molar-refractivity contribution in [1.82, 2.24) is 5.32 Å². The summed E-state index contributed by atoms with van der Waals surface area (Å²) in [6, 6.07) is 8.57. The number of aliphatic imine (C=N–C) groups is 1. The third kappa shape index (κ3) is 5.35. The van der Waals surface area contributed by atoms with Gasteiger partial charge in [-0.25, -0.2) is 0 Å². The zero-order valence-electron chi connectivity index (χ0n) is 14.7. The number of benzene rings is 1. The number of hydrogen-bond donors (Lipinski definition) is 1. The van der Waals surface area contributed by atoms with Crippen LogP contribution in [0.4, 0.5) is 5.69 Å². The lowest BCUT2D eigenvalue weighted by molar-refractivity contribution is 0.0258. The maximum Gasteiger partial charge on any atom is 0.198 e. The van der Waals surface area contributed by atoms with Crippen molar-refractivity contribution >= 4 is 35.6 Å². The lowest BCUT2D eigenvalue weighted by Gasteiger charge is -2.25. The van der Waals surface area contributed by atoms with Gasteiger partial charge in [0, 0.05) is 32.4 Å². The van der Waals surface area contributed by atoms with E-state index in [1.165, 1.54) is 11.3 Å². The Hall–Kier alpha value is -0.820. The third-order valence-corrected chi connectivity index (χ3v) is 4.19. The van der Waals surface area contributed by atoms with Gasteiger partial charge in [-0.05, 0) is 37.3 Å². The largest absolute Gasteiger partial charge is 0.378 e. The van der Waals surface area contributed by atoms with Gasteiger partial charge in [-0.3, -0.25) is 4.99 Å². The quantitative estimate of drug-likeness (QED) is 0.424. The van der Waals surface area contributed by atoms with Gasteiger partial charge in [0.25, 0.3) is 0 Å². The van der Waals surface area contributed by atoms with Gasteiger partial charge in [0.2, 0.25) is 0 Å². The van der Waals surface area contributed by atoms with Crippen LogP contribution >= 0.6 is 24.0 Å². The van der Waals surface area contributed by atoms with E-state index >= 15 is 0 Å². The zero-order chi connectivity index (χ0) is 15.9. The Balaban J connectivity index is 0.00000264. The number of nitrogens with one attached hydrogen (secondary N) is 1. The van der Waals surface area contributed by atoms with Gasteiger partial charge < -0.3 is 15.0 Å². The molecule has 23 heavy (non-hydrogen) atoms. The molecule has 1 aromatic rings. The van der Waals surface area contributed by atoms with E-state index in [0.29, 0.717) is 12.0 Å². The lowest BCUT2D eigenvalue weighted by Crippen LogP contribution is -2.42. The Labute approximate surface area is 157 Å². The molecule has 0 saturated heterocycles. The molecule has 0 amide bonds. The Kier molecular flexibility index (Phi) is 8.91. The molecule has 1 N–H and O–H groups in total. The van der Waals surface area contributed by atoms with Gasteiger partial charge in [0.1, 0.15) is 0 Å². The molecule has 1 aromatic carbocycles. The fourth-order valence-electron chi connectivity index (χ4n) is 3.00. The number of hydrogen-bond acceptors (Lipinski definition) is 2. The maximum absolute atomic E-state index is 5.81. The van der Waals surface area contributed by atoms with Gasteiger partial charge in [0.05, 0.1) is 6.10 Å². The first kappa shape index (κ1) is 20.2. The van der Waals surface area contributed by atoms with E-state index in [-0.39, 0.29) is 24.0 Å². The first-order valence-electron chi connectivity index (χ1n) is 8.35. The van der Waals surface area contributed by atoms with Crippen LogP contribution in [0.25, 0.3) is 0 Å². The Morgan fingerprint density at radius 2 is 2.09 bits per heavy atom. The standard InChI is InChI=1S/C18H29N3O.HI/c1-5-22-17(14(2)3)10-12-20-18(19-4)21-13-11-15-8-6-7-9-16(15)21;/h6-9,14,17H,5,10-13H2,1-4H3,(H,19,20);1H. The van der Waals surface area contributed by atoms with Crippen molar-refractivity contribution in [3.8, 4) is 0 Å². The average molecular weight is 431 g/mol. The second-order valence-corrected chi connectivity index (χ2v) is 6.03. The molecule has 0 aliphatic carbocycles. The van der Waals surface area contributed by atoms with Crippen molar-refractivity contribution in [1.29, 1.82) is 0 Å². The first-order valence-corrected chi connectivity index (χ1v) is 8.35. The molecule has 1 heterocycles. The highest BCUT2D eigenvalue weighted by Gasteiger charge is 2.22. The van der Waals surface area contributed by atoms with Gasteiger partial charge >= 0.3 is 0 Å². The summed E-state index contributed by atoms with van der Waals surface area (Å²) in [4.78, 5) is 6.73. The van der Waals surface area contributed by atoms with Crippen LogP contribution in [0.2, 0.25) is 0 Å². The van der Waals surface area contributed by atoms with E-state index in [1.807, 2.05) is 7.05 Å². The van der Waals surface area contributed by atoms with E-state index < -0.39 is 0 Å². The highest BCUT2D eigenvalue weighted by molar-refractivity contribution is 14.0. The number of fused-ring (bicyclic) bond motifs is 1. The molecule has 4 nitrogen and oxygen atoms in total. The monoisotopic (exact) mass is 431 g/mol. The lowest BCUT2D eigenvalue weighted by atomic mass is 10.0. The molecule has 5 heteroatoms. The van der Waals surface area contributed by atoms with Crippen molar-refractivity contribution < 1.29 is 4.74 Å². The summed E-state index contributed by atoms with van der Waals surface area (Å²) in [6.45, 7) is 9.14. The predicted molar refractivity (Wildman–Crippen MR) is 109 cm³/mol. The first-order chi connectivity index (χ1) is 10.7. The van der Waals surface area contributed by atoms with Gasteiger partial charge in [-0.15, -0.1) is 24.0 Å². The molecule has 2 rings (SSSR count). The maximum atomic E-state index is 5.81. The Morgan fingerprint density at radius 3 is 2.74 bits per heavy atom. The van der Waals surface area contributed by atoms with E-state index in [9.17, 15) is 0 Å². The molecule has 1 aliphatic rings. The van der Waals surface area contributed by atoms with E-state index in [0.717, 1.165) is 38.5 Å². The number of anilines is 1. The van der Waals surface area contributed by atoms with Crippen molar-refractivity contribution in [2.75, 3.05) is 31.6 Å². The average Bonchev–Trinajstić information content (AvgIpc) is 2.94. The van der Waals surface area contributed by atoms with Crippen LogP contribution in [0, 0.1) is 5.92 Å². The second kappa shape index (κ2) is 10.1. The van der Waals surface area contributed by atoms with E-state index in [4.69, 9.17) is 4.74 Å². The molecule has 1 atom stereocenters. The molecule has 1 aliphatic heterocycles. The van der Waals surface area contributed by atoms with Crippen LogP contribution in [0.3, 0.4) is 0 Å². The number of nitrogens with zero attached hydrogens (tertiary/aromatic N) is 2. The van der Waals surface area contributed by atoms with E-state index in [1.54, 1.807) is 0 Å². The minimum absolute atomic E-state index is 0. The van der Waals surface area contributed by atoms with Crippen LogP contribution in [-0.2, 0) is 11.2 Å². The van der Waals surface area contributed by atoms with E-state index in [2.05, 4.69) is 60.2 Å². The number of halogens is 1. The highest BCUT2D eigenvalue weighted by Crippen LogP contribution is 2.27. The molecule has 0 fully saturated rings. The van der Waals surface area contributed by atoms with Crippen LogP contribution in [-0.4, -0.2) is 38.8 Å². The fraction of sp³-hybridized carbons (Fsp3) is 0.611. The minimum Gasteiger partial charge on any atom is -0.378 e. The molecule has 0 aromatic heterocycles. The van der Waals surface area contributed by atoms with Crippen LogP contribution in [0.5, 0.6) is 0 Å². The third-order valence-electron chi connectivity index (χ3n) is 4.19. The Bertz CT molecular complexity index is 505. The summed E-state index contributed by atoms with van der Waals surface area (Å²) in [5.41, 5.74) is 2.68. The molecule has 130 valence electrons. The number of rotatable bonds is 6. The molecular formula is C18H30IN3O. The summed E-state index contributed by atoms with van der Waals surface area (Å²) in [7, 11) is 1.85. The van der Waals surface area contributed by atoms with Crippen molar-refractivity contribution in [3.63, 3.8) is 0 Å². The summed E-state index contributed by atoms with van der Waals surface area (Å²) in [5, 5.41) is 3.49. The van der Waals surface area contributed by atoms with Crippen LogP contribution < -0.4 is 10.2 Å². The highest BCUT2D eigenvalue weighted by atomic mass is 127. The van der Waals surface area contributed by atoms with Crippen molar-refractivity contribution in [2.24, 2.45) is 10.9 Å². The van der Waals surface area contributed by atoms with Gasteiger partial charge in [-0.2, -0.15) is 0 Å². The normalized spacial score (nSPS) is 15.3. The molecular weight excluding hydrogens is 401 g/mol. The second-order valence-electron chi connectivity index (χ2n) is 6.03. The number of ether oxygens (including phenoxy) is 1. The van der Waals surface area contributed by atoms with Crippen molar-refractivity contribution in [2.45, 2.75) is 39.7 Å². The molecule has 0 saturated carbocycles. The van der Waals surface area contributed by atoms with Crippen LogP contribution in [0.1, 0.15) is 32.8 Å². The van der Waals surface area contributed by atoms with Gasteiger partial charge in [0.15, 0.2) is 5.96 Å². The summed E-state index contributed by atoms with van der Waals surface area (Å²) in [6.07, 6.45) is 2.39. The van der Waals surface area contributed by atoms with Gasteiger partial charge in [-0.1, -0.05) is 32.0 Å². The number of guanidine groups is 1. The topological polar surface area (TPSA) is 36.9 Å². The summed E-state index contributed by atoms with van der Waals surface area (Å²) >= 11 is 0. The molecule has 0 spiro atoms. The molecule has 0 radical (unpaired) electrons. The van der Waals surface area contributed by atoms with Crippen molar-refractivity contribution in [3.05, 3.63) is 29.8 Å². The molecule has 1 unspecified atom stereocenters. The molecule has 0 bridgehead atoms. The SMILES string of the molecule is CCOC(CCNC(=NC)N1CCc2ccccc21)C(C)C.I. The number of para-hydroxylation sites is 1. The Morgan fingerprint density at radius 1 is 1.35 bits per heavy atom. The fourth-order valence-corrected chi connectivity index (χ4v) is 3.00. The predicted octanol–water partition coefficient (Wildman–Crippen LogP) is 3.69. The van der Waals surface area contributed by atoms with Crippen LogP contribution in [0.15, 0.2) is 29.3 Å². The zero-order valence-corrected chi connectivity index (χ0v) is 17.0. The smallest absolute Gasteiger partial charge is 0.198 e. The minimum atomic E-state index is 0. The summed E-state index contributed by atoms with van der Waals surface area (Å²) < 4.78 is 5.81.